The van der Waals surface area contributed by atoms with E-state index in [1.807, 2.05) is 10.9 Å². The molecule has 2 heterocycles. The van der Waals surface area contributed by atoms with E-state index in [2.05, 4.69) is 74.1 Å². The van der Waals surface area contributed by atoms with Crippen LogP contribution in [0.4, 0.5) is 0 Å². The van der Waals surface area contributed by atoms with Gasteiger partial charge >= 0.3 is 0 Å². The summed E-state index contributed by atoms with van der Waals surface area (Å²) in [6.45, 7) is 1.78. The Morgan fingerprint density at radius 1 is 1.58 bits per heavy atom. The number of hydrogen-bond donors (Lipinski definition) is 1. The Kier molecular flexibility index (Phi) is 5.41. The van der Waals surface area contributed by atoms with Gasteiger partial charge in [0.25, 0.3) is 0 Å². The summed E-state index contributed by atoms with van der Waals surface area (Å²) >= 11 is 7.58. The van der Waals surface area contributed by atoms with Crippen LogP contribution in [0.25, 0.3) is 0 Å². The number of nitrogens with two attached hydrogens (primary N) is 1. The molecule has 2 rings (SSSR count). The van der Waals surface area contributed by atoms with Crippen LogP contribution in [0.3, 0.4) is 0 Å². The minimum atomic E-state index is -0.140. The second kappa shape index (κ2) is 6.66. The van der Waals surface area contributed by atoms with E-state index in [1.165, 1.54) is 2.88 Å². The fourth-order valence-corrected chi connectivity index (χ4v) is 3.75. The molecule has 2 aromatic heterocycles. The van der Waals surface area contributed by atoms with Crippen molar-refractivity contribution in [3.05, 3.63) is 36.3 Å². The van der Waals surface area contributed by atoms with E-state index in [9.17, 15) is 0 Å². The normalized spacial score (nSPS) is 13.2. The van der Waals surface area contributed by atoms with E-state index in [0.29, 0.717) is 0 Å². The highest BCUT2D eigenvalue weighted by atomic mass is 127. The molecule has 0 aliphatic rings. The summed E-state index contributed by atoms with van der Waals surface area (Å²) in [4.78, 5) is 2.14. The van der Waals surface area contributed by atoms with E-state index < -0.39 is 0 Å². The summed E-state index contributed by atoms with van der Waals surface area (Å²) in [5.41, 5.74) is 8.56. The lowest BCUT2D eigenvalue weighted by atomic mass is 10.1. The second-order valence-electron chi connectivity index (χ2n) is 4.57. The standard InChI is InChI=1S/C12H16BrIN4S/c1-17(2)3-4-18-12(9(13)6-16-18)11(15)8-5-10(14)19-7-8/h5-7,11H,3-4,15H2,1-2H3. The third-order valence-corrected chi connectivity index (χ3v) is 5.25. The highest BCUT2D eigenvalue weighted by Gasteiger charge is 2.19. The van der Waals surface area contributed by atoms with E-state index in [4.69, 9.17) is 5.73 Å². The molecule has 0 aliphatic heterocycles. The highest BCUT2D eigenvalue weighted by molar-refractivity contribution is 14.1. The van der Waals surface area contributed by atoms with Crippen LogP contribution >= 0.6 is 49.9 Å². The monoisotopic (exact) mass is 454 g/mol. The van der Waals surface area contributed by atoms with Crippen molar-refractivity contribution in [3.8, 4) is 0 Å². The molecule has 1 unspecified atom stereocenters. The van der Waals surface area contributed by atoms with Crippen LogP contribution in [0, 0.1) is 2.88 Å². The molecule has 0 bridgehead atoms. The number of likely N-dealkylation sites (N-methyl/N-ethyl adjacent to an activating group) is 1. The van der Waals surface area contributed by atoms with E-state index >= 15 is 0 Å². The average molecular weight is 455 g/mol. The summed E-state index contributed by atoms with van der Waals surface area (Å²) in [5.74, 6) is 0. The smallest absolute Gasteiger partial charge is 0.0743 e. The summed E-state index contributed by atoms with van der Waals surface area (Å²) in [6, 6.07) is 1.99. The van der Waals surface area contributed by atoms with Gasteiger partial charge in [-0.25, -0.2) is 0 Å². The summed E-state index contributed by atoms with van der Waals surface area (Å²) in [7, 11) is 4.11. The van der Waals surface area contributed by atoms with Gasteiger partial charge in [0.2, 0.25) is 0 Å². The van der Waals surface area contributed by atoms with Gasteiger partial charge in [0.05, 0.1) is 31.8 Å². The summed E-state index contributed by atoms with van der Waals surface area (Å²) in [5, 5.41) is 6.52. The first-order chi connectivity index (χ1) is 8.99. The number of thiophene rings is 1. The maximum absolute atomic E-state index is 6.38. The second-order valence-corrected chi connectivity index (χ2v) is 8.23. The van der Waals surface area contributed by atoms with Crippen LogP contribution in [0.2, 0.25) is 0 Å². The molecule has 2 aromatic rings. The SMILES string of the molecule is CN(C)CCn1ncc(Br)c1C(N)c1csc(I)c1. The Morgan fingerprint density at radius 2 is 2.32 bits per heavy atom. The largest absolute Gasteiger partial charge is 0.319 e. The molecule has 7 heteroatoms. The van der Waals surface area contributed by atoms with Gasteiger partial charge in [0.15, 0.2) is 0 Å². The van der Waals surface area contributed by atoms with Crippen molar-refractivity contribution in [3.63, 3.8) is 0 Å². The number of aromatic nitrogens is 2. The predicted molar refractivity (Wildman–Crippen MR) is 91.5 cm³/mol. The first kappa shape index (κ1) is 15.4. The van der Waals surface area contributed by atoms with Crippen LogP contribution < -0.4 is 5.73 Å². The zero-order valence-corrected chi connectivity index (χ0v) is 15.4. The van der Waals surface area contributed by atoms with Crippen LogP contribution in [-0.2, 0) is 6.54 Å². The molecule has 0 saturated heterocycles. The molecule has 0 aromatic carbocycles. The maximum atomic E-state index is 6.38. The minimum Gasteiger partial charge on any atom is -0.319 e. The Balaban J connectivity index is 2.25. The molecule has 0 fully saturated rings. The Bertz CT molecular complexity index is 552. The maximum Gasteiger partial charge on any atom is 0.0743 e. The molecular formula is C12H16BrIN4S. The third-order valence-electron chi connectivity index (χ3n) is 2.83. The van der Waals surface area contributed by atoms with E-state index in [1.54, 1.807) is 11.3 Å². The number of hydrogen-bond acceptors (Lipinski definition) is 4. The lowest BCUT2D eigenvalue weighted by Crippen LogP contribution is -2.23. The molecule has 0 radical (unpaired) electrons. The van der Waals surface area contributed by atoms with Crippen LogP contribution in [0.5, 0.6) is 0 Å². The Labute approximate surface area is 139 Å². The number of halogens is 2. The number of nitrogens with zero attached hydrogens (tertiary/aromatic N) is 3. The van der Waals surface area contributed by atoms with Crippen molar-refractivity contribution in [2.45, 2.75) is 12.6 Å². The van der Waals surface area contributed by atoms with Crippen LogP contribution in [0.1, 0.15) is 17.3 Å². The molecule has 104 valence electrons. The van der Waals surface area contributed by atoms with Crippen molar-refractivity contribution in [1.29, 1.82) is 0 Å². The van der Waals surface area contributed by atoms with Gasteiger partial charge in [-0.2, -0.15) is 5.10 Å². The Morgan fingerprint density at radius 3 is 2.89 bits per heavy atom. The Hall–Kier alpha value is 0.0400. The minimum absolute atomic E-state index is 0.140. The average Bonchev–Trinajstić information content (AvgIpc) is 2.92. The van der Waals surface area contributed by atoms with Crippen LogP contribution in [-0.4, -0.2) is 35.3 Å². The molecule has 0 aliphatic carbocycles. The van der Waals surface area contributed by atoms with Gasteiger partial charge in [0, 0.05) is 6.54 Å². The van der Waals surface area contributed by atoms with Crippen LogP contribution in [0.15, 0.2) is 22.1 Å². The van der Waals surface area contributed by atoms with Gasteiger partial charge in [0.1, 0.15) is 0 Å². The van der Waals surface area contributed by atoms with Crippen molar-refractivity contribution < 1.29 is 0 Å². The quantitative estimate of drug-likeness (QED) is 0.706. The van der Waals surface area contributed by atoms with E-state index in [0.717, 1.165) is 28.8 Å². The summed E-state index contributed by atoms with van der Waals surface area (Å²) in [6.07, 6.45) is 1.82. The van der Waals surface area contributed by atoms with Crippen molar-refractivity contribution >= 4 is 49.9 Å². The molecule has 1 atom stereocenters. The lowest BCUT2D eigenvalue weighted by Gasteiger charge is -2.16. The van der Waals surface area contributed by atoms with Gasteiger partial charge < -0.3 is 10.6 Å². The molecule has 0 saturated carbocycles. The zero-order chi connectivity index (χ0) is 14.0. The molecular weight excluding hydrogens is 439 g/mol. The molecule has 19 heavy (non-hydrogen) atoms. The fraction of sp³-hybridized carbons (Fsp3) is 0.417. The first-order valence-corrected chi connectivity index (χ1v) is 8.59. The van der Waals surface area contributed by atoms with Gasteiger partial charge in [-0.1, -0.05) is 0 Å². The fourth-order valence-electron chi connectivity index (χ4n) is 1.80. The highest BCUT2D eigenvalue weighted by Crippen LogP contribution is 2.29. The first-order valence-electron chi connectivity index (χ1n) is 5.84. The van der Waals surface area contributed by atoms with Gasteiger partial charge in [-0.15, -0.1) is 11.3 Å². The zero-order valence-electron chi connectivity index (χ0n) is 10.8. The molecule has 2 N–H and O–H groups in total. The third kappa shape index (κ3) is 3.78. The molecule has 0 spiro atoms. The van der Waals surface area contributed by atoms with Crippen molar-refractivity contribution in [2.24, 2.45) is 5.73 Å². The number of rotatable bonds is 5. The van der Waals surface area contributed by atoms with Crippen molar-refractivity contribution in [2.75, 3.05) is 20.6 Å². The van der Waals surface area contributed by atoms with Gasteiger partial charge in [-0.3, -0.25) is 4.68 Å². The lowest BCUT2D eigenvalue weighted by molar-refractivity contribution is 0.368. The molecule has 4 nitrogen and oxygen atoms in total. The summed E-state index contributed by atoms with van der Waals surface area (Å²) < 4.78 is 4.21. The van der Waals surface area contributed by atoms with Gasteiger partial charge in [-0.05, 0) is 69.6 Å². The van der Waals surface area contributed by atoms with E-state index in [-0.39, 0.29) is 6.04 Å². The molecule has 0 amide bonds. The van der Waals surface area contributed by atoms with Crippen molar-refractivity contribution in [1.82, 2.24) is 14.7 Å². The predicted octanol–water partition coefficient (Wildman–Crippen LogP) is 2.92. The topological polar surface area (TPSA) is 47.1 Å².